The number of carbonyl (C=O) groups excluding carboxylic acids is 2. The summed E-state index contributed by atoms with van der Waals surface area (Å²) >= 11 is 0. The van der Waals surface area contributed by atoms with Gasteiger partial charge in [-0.3, -0.25) is 9.59 Å². The number of rotatable bonds is 6. The maximum absolute atomic E-state index is 11.6. The molecule has 0 saturated carbocycles. The van der Waals surface area contributed by atoms with E-state index in [1.165, 1.54) is 0 Å². The van der Waals surface area contributed by atoms with Crippen LogP contribution in [0.1, 0.15) is 26.7 Å². The fourth-order valence-electron chi connectivity index (χ4n) is 1.24. The van der Waals surface area contributed by atoms with Crippen molar-refractivity contribution in [2.75, 3.05) is 19.6 Å². The van der Waals surface area contributed by atoms with Crippen LogP contribution in [0.4, 0.5) is 0 Å². The molecule has 0 aliphatic carbocycles. The molecule has 4 nitrogen and oxygen atoms in total. The second-order valence-electron chi connectivity index (χ2n) is 3.29. The first-order chi connectivity index (χ1) is 7.17. The predicted molar refractivity (Wildman–Crippen MR) is 60.4 cm³/mol. The Morgan fingerprint density at radius 2 is 1.80 bits per heavy atom. The molecule has 0 spiro atoms. The smallest absolute Gasteiger partial charge is 0.311 e. The second kappa shape index (κ2) is 8.03. The molecule has 2 amide bonds. The minimum Gasteiger partial charge on any atom is -0.344 e. The number of nitrogens with one attached hydrogen (secondary N) is 1. The molecule has 0 atom stereocenters. The third-order valence-electron chi connectivity index (χ3n) is 1.88. The Bertz CT molecular complexity index is 221. The van der Waals surface area contributed by atoms with Crippen LogP contribution in [0.15, 0.2) is 12.7 Å². The van der Waals surface area contributed by atoms with Crippen LogP contribution in [-0.4, -0.2) is 36.3 Å². The minimum atomic E-state index is -0.545. The van der Waals surface area contributed by atoms with Crippen LogP contribution in [0.5, 0.6) is 0 Å². The van der Waals surface area contributed by atoms with Gasteiger partial charge in [0.2, 0.25) is 0 Å². The highest BCUT2D eigenvalue weighted by atomic mass is 16.2. The second-order valence-corrected chi connectivity index (χ2v) is 3.29. The predicted octanol–water partition coefficient (Wildman–Crippen LogP) is 0.937. The van der Waals surface area contributed by atoms with Crippen LogP contribution in [0.2, 0.25) is 0 Å². The average Bonchev–Trinajstić information content (AvgIpc) is 2.24. The summed E-state index contributed by atoms with van der Waals surface area (Å²) in [6.45, 7) is 9.03. The molecule has 0 heterocycles. The molecule has 15 heavy (non-hydrogen) atoms. The molecule has 0 aromatic rings. The summed E-state index contributed by atoms with van der Waals surface area (Å²) < 4.78 is 0. The Morgan fingerprint density at radius 1 is 1.27 bits per heavy atom. The summed E-state index contributed by atoms with van der Waals surface area (Å²) in [4.78, 5) is 24.5. The third-order valence-corrected chi connectivity index (χ3v) is 1.88. The average molecular weight is 212 g/mol. The molecule has 0 saturated heterocycles. The number of carbonyl (C=O) groups is 2. The highest BCUT2D eigenvalue weighted by Gasteiger charge is 2.19. The minimum absolute atomic E-state index is 0.330. The molecular formula is C11H20N2O2. The maximum atomic E-state index is 11.6. The quantitative estimate of drug-likeness (QED) is 0.526. The van der Waals surface area contributed by atoms with Crippen molar-refractivity contribution in [3.05, 3.63) is 12.7 Å². The van der Waals surface area contributed by atoms with E-state index in [9.17, 15) is 9.59 Å². The Balaban J connectivity index is 4.21. The van der Waals surface area contributed by atoms with Crippen molar-refractivity contribution in [1.82, 2.24) is 10.2 Å². The summed E-state index contributed by atoms with van der Waals surface area (Å²) in [7, 11) is 0. The van der Waals surface area contributed by atoms with Crippen molar-refractivity contribution in [2.24, 2.45) is 0 Å². The molecule has 0 aromatic heterocycles. The van der Waals surface area contributed by atoms with Gasteiger partial charge in [0.25, 0.3) is 0 Å². The Kier molecular flexibility index (Phi) is 7.32. The first-order valence-corrected chi connectivity index (χ1v) is 5.35. The summed E-state index contributed by atoms with van der Waals surface area (Å²) in [6, 6.07) is 0. The lowest BCUT2D eigenvalue weighted by atomic mass is 10.3. The van der Waals surface area contributed by atoms with Crippen LogP contribution < -0.4 is 5.32 Å². The van der Waals surface area contributed by atoms with Gasteiger partial charge in [0.05, 0.1) is 0 Å². The molecule has 0 rings (SSSR count). The fourth-order valence-corrected chi connectivity index (χ4v) is 1.24. The van der Waals surface area contributed by atoms with E-state index in [4.69, 9.17) is 0 Å². The van der Waals surface area contributed by atoms with Crippen LogP contribution in [0.25, 0.3) is 0 Å². The molecule has 0 fully saturated rings. The van der Waals surface area contributed by atoms with Gasteiger partial charge >= 0.3 is 11.8 Å². The van der Waals surface area contributed by atoms with Crippen molar-refractivity contribution >= 4 is 11.8 Å². The normalized spacial score (nSPS) is 9.47. The summed E-state index contributed by atoms with van der Waals surface area (Å²) in [6.07, 6.45) is 3.27. The SMILES string of the molecule is C=CCNC(=O)C(=O)N(CCC)CCC. The molecule has 1 N–H and O–H groups in total. The molecule has 0 radical (unpaired) electrons. The van der Waals surface area contributed by atoms with Gasteiger partial charge in [0.15, 0.2) is 0 Å². The van der Waals surface area contributed by atoms with E-state index in [2.05, 4.69) is 11.9 Å². The van der Waals surface area contributed by atoms with E-state index in [-0.39, 0.29) is 0 Å². The van der Waals surface area contributed by atoms with Crippen LogP contribution >= 0.6 is 0 Å². The van der Waals surface area contributed by atoms with Crippen molar-refractivity contribution in [3.63, 3.8) is 0 Å². The number of nitrogens with zero attached hydrogens (tertiary/aromatic N) is 1. The fraction of sp³-hybridized carbons (Fsp3) is 0.636. The summed E-state index contributed by atoms with van der Waals surface area (Å²) in [5.41, 5.74) is 0. The maximum Gasteiger partial charge on any atom is 0.311 e. The highest BCUT2D eigenvalue weighted by molar-refractivity contribution is 6.35. The van der Waals surface area contributed by atoms with E-state index in [0.717, 1.165) is 12.8 Å². The van der Waals surface area contributed by atoms with Crippen molar-refractivity contribution < 1.29 is 9.59 Å². The third kappa shape index (κ3) is 5.20. The number of hydrogen-bond donors (Lipinski definition) is 1. The van der Waals surface area contributed by atoms with Gasteiger partial charge in [-0.05, 0) is 12.8 Å². The van der Waals surface area contributed by atoms with Gasteiger partial charge < -0.3 is 10.2 Å². The van der Waals surface area contributed by atoms with E-state index >= 15 is 0 Å². The zero-order chi connectivity index (χ0) is 11.7. The molecule has 4 heteroatoms. The van der Waals surface area contributed by atoms with Gasteiger partial charge in [0, 0.05) is 19.6 Å². The summed E-state index contributed by atoms with van der Waals surface area (Å²) in [5.74, 6) is -0.989. The largest absolute Gasteiger partial charge is 0.344 e. The molecule has 0 aliphatic rings. The monoisotopic (exact) mass is 212 g/mol. The lowest BCUT2D eigenvalue weighted by molar-refractivity contribution is -0.145. The zero-order valence-corrected chi connectivity index (χ0v) is 9.58. The van der Waals surface area contributed by atoms with Crippen molar-refractivity contribution in [1.29, 1.82) is 0 Å². The Labute approximate surface area is 91.3 Å². The Hall–Kier alpha value is -1.32. The van der Waals surface area contributed by atoms with Crippen LogP contribution in [-0.2, 0) is 9.59 Å². The summed E-state index contributed by atoms with van der Waals surface area (Å²) in [5, 5.41) is 2.48. The first-order valence-electron chi connectivity index (χ1n) is 5.35. The van der Waals surface area contributed by atoms with Gasteiger partial charge in [0.1, 0.15) is 0 Å². The lowest BCUT2D eigenvalue weighted by Crippen LogP contribution is -2.43. The van der Waals surface area contributed by atoms with Gasteiger partial charge in [-0.15, -0.1) is 6.58 Å². The van der Waals surface area contributed by atoms with Crippen molar-refractivity contribution in [3.8, 4) is 0 Å². The van der Waals surface area contributed by atoms with Crippen LogP contribution in [0, 0.1) is 0 Å². The number of amides is 2. The van der Waals surface area contributed by atoms with Gasteiger partial charge in [-0.2, -0.15) is 0 Å². The standard InChI is InChI=1S/C11H20N2O2/c1-4-7-12-10(14)11(15)13(8-5-2)9-6-3/h4H,1,5-9H2,2-3H3,(H,12,14). The van der Waals surface area contributed by atoms with E-state index in [1.807, 2.05) is 13.8 Å². The molecule has 0 unspecified atom stereocenters. The molecule has 86 valence electrons. The molecular weight excluding hydrogens is 192 g/mol. The van der Waals surface area contributed by atoms with E-state index in [1.54, 1.807) is 11.0 Å². The van der Waals surface area contributed by atoms with Gasteiger partial charge in [-0.1, -0.05) is 19.9 Å². The number of hydrogen-bond acceptors (Lipinski definition) is 2. The lowest BCUT2D eigenvalue weighted by Gasteiger charge is -2.20. The first kappa shape index (κ1) is 13.7. The van der Waals surface area contributed by atoms with E-state index in [0.29, 0.717) is 19.6 Å². The molecule has 0 bridgehead atoms. The van der Waals surface area contributed by atoms with Crippen LogP contribution in [0.3, 0.4) is 0 Å². The molecule has 0 aromatic carbocycles. The van der Waals surface area contributed by atoms with Gasteiger partial charge in [-0.25, -0.2) is 0 Å². The Morgan fingerprint density at radius 3 is 2.20 bits per heavy atom. The zero-order valence-electron chi connectivity index (χ0n) is 9.58. The highest BCUT2D eigenvalue weighted by Crippen LogP contribution is 1.95. The molecule has 0 aliphatic heterocycles. The topological polar surface area (TPSA) is 49.4 Å². The van der Waals surface area contributed by atoms with Crippen molar-refractivity contribution in [2.45, 2.75) is 26.7 Å². The van der Waals surface area contributed by atoms with E-state index < -0.39 is 11.8 Å².